The van der Waals surface area contributed by atoms with E-state index in [0.717, 1.165) is 17.8 Å². The maximum atomic E-state index is 13.0. The first-order chi connectivity index (χ1) is 11.7. The fourth-order valence-corrected chi connectivity index (χ4v) is 3.11. The lowest BCUT2D eigenvalue weighted by atomic mass is 10.1. The van der Waals surface area contributed by atoms with Gasteiger partial charge in [-0.05, 0) is 50.5 Å². The standard InChI is InChI=1S/C16H22BrF2N5O/c1-6-23-7-12(9(3)21-23)8(2)20-16(25)11(5)24-10(4)13(17)14(22-24)15(18)19/h7-8,11,15H,6H2,1-5H3,(H,20,25)/t8-,11-/m1/s1. The van der Waals surface area contributed by atoms with Crippen molar-refractivity contribution in [1.29, 1.82) is 0 Å². The van der Waals surface area contributed by atoms with E-state index in [0.29, 0.717) is 5.69 Å². The number of aryl methyl sites for hydroxylation is 2. The van der Waals surface area contributed by atoms with E-state index in [9.17, 15) is 13.6 Å². The third-order valence-corrected chi connectivity index (χ3v) is 5.17. The average molecular weight is 418 g/mol. The molecule has 0 aromatic carbocycles. The van der Waals surface area contributed by atoms with Crippen molar-refractivity contribution >= 4 is 21.8 Å². The summed E-state index contributed by atoms with van der Waals surface area (Å²) in [4.78, 5) is 12.6. The maximum Gasteiger partial charge on any atom is 0.283 e. The van der Waals surface area contributed by atoms with Crippen molar-refractivity contribution in [2.75, 3.05) is 0 Å². The van der Waals surface area contributed by atoms with Gasteiger partial charge in [-0.15, -0.1) is 0 Å². The van der Waals surface area contributed by atoms with Crippen molar-refractivity contribution in [3.05, 3.63) is 33.3 Å². The van der Waals surface area contributed by atoms with Crippen LogP contribution in [0.5, 0.6) is 0 Å². The summed E-state index contributed by atoms with van der Waals surface area (Å²) in [5.74, 6) is -0.296. The second-order valence-electron chi connectivity index (χ2n) is 5.96. The summed E-state index contributed by atoms with van der Waals surface area (Å²) in [6, 6.07) is -0.961. The minimum atomic E-state index is -2.70. The molecule has 1 amide bonds. The lowest BCUT2D eigenvalue weighted by Gasteiger charge is -2.18. The first-order valence-corrected chi connectivity index (χ1v) is 8.83. The molecule has 25 heavy (non-hydrogen) atoms. The Morgan fingerprint density at radius 3 is 2.44 bits per heavy atom. The SMILES string of the molecule is CCn1cc([C@@H](C)NC(=O)[C@@H](C)n2nc(C(F)F)c(Br)c2C)c(C)n1. The van der Waals surface area contributed by atoms with Crippen LogP contribution < -0.4 is 5.32 Å². The molecule has 0 spiro atoms. The van der Waals surface area contributed by atoms with Crippen molar-refractivity contribution in [2.45, 2.75) is 59.7 Å². The lowest BCUT2D eigenvalue weighted by molar-refractivity contribution is -0.124. The molecule has 2 atom stereocenters. The van der Waals surface area contributed by atoms with Crippen molar-refractivity contribution in [3.63, 3.8) is 0 Å². The number of carbonyl (C=O) groups is 1. The Morgan fingerprint density at radius 2 is 1.96 bits per heavy atom. The number of hydrogen-bond acceptors (Lipinski definition) is 3. The van der Waals surface area contributed by atoms with Crippen LogP contribution in [0.2, 0.25) is 0 Å². The Morgan fingerprint density at radius 1 is 1.32 bits per heavy atom. The van der Waals surface area contributed by atoms with Crippen LogP contribution in [0, 0.1) is 13.8 Å². The largest absolute Gasteiger partial charge is 0.348 e. The molecule has 0 unspecified atom stereocenters. The van der Waals surface area contributed by atoms with E-state index in [1.165, 1.54) is 4.68 Å². The second kappa shape index (κ2) is 7.63. The van der Waals surface area contributed by atoms with Gasteiger partial charge in [-0.3, -0.25) is 14.2 Å². The van der Waals surface area contributed by atoms with E-state index >= 15 is 0 Å². The van der Waals surface area contributed by atoms with Gasteiger partial charge < -0.3 is 5.32 Å². The van der Waals surface area contributed by atoms with Crippen LogP contribution in [0.15, 0.2) is 10.7 Å². The molecule has 0 radical (unpaired) electrons. The number of hydrogen-bond donors (Lipinski definition) is 1. The molecule has 0 aliphatic rings. The molecule has 1 N–H and O–H groups in total. The Kier molecular flexibility index (Phi) is 5.97. The third-order valence-electron chi connectivity index (χ3n) is 4.19. The molecule has 2 aromatic heterocycles. The molecule has 0 saturated heterocycles. The Labute approximate surface area is 153 Å². The maximum absolute atomic E-state index is 13.0. The van der Waals surface area contributed by atoms with Crippen LogP contribution in [-0.2, 0) is 11.3 Å². The van der Waals surface area contributed by atoms with Crippen LogP contribution in [0.25, 0.3) is 0 Å². The fourth-order valence-electron chi connectivity index (χ4n) is 2.68. The van der Waals surface area contributed by atoms with Gasteiger partial charge in [0, 0.05) is 18.3 Å². The highest BCUT2D eigenvalue weighted by Crippen LogP contribution is 2.30. The van der Waals surface area contributed by atoms with Gasteiger partial charge in [0.25, 0.3) is 6.43 Å². The monoisotopic (exact) mass is 417 g/mol. The van der Waals surface area contributed by atoms with Gasteiger partial charge in [-0.2, -0.15) is 10.2 Å². The quantitative estimate of drug-likeness (QED) is 0.775. The van der Waals surface area contributed by atoms with Crippen LogP contribution in [0.3, 0.4) is 0 Å². The van der Waals surface area contributed by atoms with Crippen molar-refractivity contribution < 1.29 is 13.6 Å². The van der Waals surface area contributed by atoms with Crippen LogP contribution in [-0.4, -0.2) is 25.5 Å². The second-order valence-corrected chi connectivity index (χ2v) is 6.75. The van der Waals surface area contributed by atoms with E-state index in [-0.39, 0.29) is 22.1 Å². The highest BCUT2D eigenvalue weighted by Gasteiger charge is 2.26. The molecule has 0 aliphatic heterocycles. The van der Waals surface area contributed by atoms with Crippen LogP contribution >= 0.6 is 15.9 Å². The zero-order chi connectivity index (χ0) is 18.9. The number of alkyl halides is 2. The molecule has 6 nitrogen and oxygen atoms in total. The van der Waals surface area contributed by atoms with E-state index in [1.54, 1.807) is 18.5 Å². The minimum Gasteiger partial charge on any atom is -0.348 e. The van der Waals surface area contributed by atoms with Gasteiger partial charge >= 0.3 is 0 Å². The zero-order valence-corrected chi connectivity index (χ0v) is 16.4. The molecule has 2 rings (SSSR count). The molecule has 0 bridgehead atoms. The summed E-state index contributed by atoms with van der Waals surface area (Å²) in [6.07, 6.45) is -0.804. The summed E-state index contributed by atoms with van der Waals surface area (Å²) in [5, 5.41) is 11.2. The van der Waals surface area contributed by atoms with Crippen LogP contribution in [0.1, 0.15) is 61.9 Å². The average Bonchev–Trinajstić information content (AvgIpc) is 3.07. The highest BCUT2D eigenvalue weighted by molar-refractivity contribution is 9.10. The summed E-state index contributed by atoms with van der Waals surface area (Å²) >= 11 is 3.12. The van der Waals surface area contributed by atoms with Gasteiger partial charge in [0.2, 0.25) is 5.91 Å². The Bertz CT molecular complexity index is 771. The van der Waals surface area contributed by atoms with Gasteiger partial charge in [0.1, 0.15) is 11.7 Å². The van der Waals surface area contributed by atoms with Crippen molar-refractivity contribution in [1.82, 2.24) is 24.9 Å². The molecule has 0 aliphatic carbocycles. The van der Waals surface area contributed by atoms with Gasteiger partial charge in [0.05, 0.1) is 21.9 Å². The molecule has 9 heteroatoms. The van der Waals surface area contributed by atoms with E-state index in [2.05, 4.69) is 31.4 Å². The number of halogens is 3. The smallest absolute Gasteiger partial charge is 0.283 e. The molecule has 0 saturated carbocycles. The summed E-state index contributed by atoms with van der Waals surface area (Å²) in [6.45, 7) is 9.76. The summed E-state index contributed by atoms with van der Waals surface area (Å²) < 4.78 is 29.3. The topological polar surface area (TPSA) is 64.7 Å². The predicted molar refractivity (Wildman–Crippen MR) is 93.5 cm³/mol. The van der Waals surface area contributed by atoms with Gasteiger partial charge in [0.15, 0.2) is 0 Å². The van der Waals surface area contributed by atoms with Gasteiger partial charge in [-0.25, -0.2) is 8.78 Å². The highest BCUT2D eigenvalue weighted by atomic mass is 79.9. The fraction of sp³-hybridized carbons (Fsp3) is 0.562. The normalized spacial score (nSPS) is 14.0. The number of amides is 1. The first-order valence-electron chi connectivity index (χ1n) is 8.04. The zero-order valence-electron chi connectivity index (χ0n) is 14.8. The molecule has 2 heterocycles. The summed E-state index contributed by atoms with van der Waals surface area (Å²) in [5.41, 5.74) is 1.90. The number of rotatable bonds is 6. The van der Waals surface area contributed by atoms with Crippen LogP contribution in [0.4, 0.5) is 8.78 Å². The van der Waals surface area contributed by atoms with Gasteiger partial charge in [-0.1, -0.05) is 0 Å². The number of nitrogens with zero attached hydrogens (tertiary/aromatic N) is 4. The number of aromatic nitrogens is 4. The number of carbonyl (C=O) groups excluding carboxylic acids is 1. The molecule has 0 fully saturated rings. The number of nitrogens with one attached hydrogen (secondary N) is 1. The summed E-state index contributed by atoms with van der Waals surface area (Å²) in [7, 11) is 0. The van der Waals surface area contributed by atoms with E-state index in [4.69, 9.17) is 0 Å². The van der Waals surface area contributed by atoms with E-state index in [1.807, 2.05) is 27.0 Å². The predicted octanol–water partition coefficient (Wildman–Crippen LogP) is 3.85. The van der Waals surface area contributed by atoms with Crippen molar-refractivity contribution in [3.8, 4) is 0 Å². The Hall–Kier alpha value is -1.77. The molecular formula is C16H22BrF2N5O. The van der Waals surface area contributed by atoms with E-state index < -0.39 is 12.5 Å². The van der Waals surface area contributed by atoms with Crippen molar-refractivity contribution in [2.24, 2.45) is 0 Å². The molecule has 2 aromatic rings. The lowest BCUT2D eigenvalue weighted by Crippen LogP contribution is -2.34. The molecule has 138 valence electrons. The third kappa shape index (κ3) is 3.91. The Balaban J connectivity index is 2.17. The minimum absolute atomic E-state index is 0.232. The first kappa shape index (κ1) is 19.6. The molecular weight excluding hydrogens is 396 g/mol.